The summed E-state index contributed by atoms with van der Waals surface area (Å²) in [5, 5.41) is 1.24. The molecule has 0 bridgehead atoms. The minimum atomic E-state index is 0.814. The Morgan fingerprint density at radius 2 is 1.74 bits per heavy atom. The average molecular weight is 250 g/mol. The largest absolute Gasteiger partial charge is 0.399 e. The second-order valence-corrected chi connectivity index (χ2v) is 5.13. The number of anilines is 1. The predicted octanol–water partition coefficient (Wildman–Crippen LogP) is 3.89. The summed E-state index contributed by atoms with van der Waals surface area (Å²) in [6, 6.07) is 14.7. The third kappa shape index (κ3) is 2.10. The van der Waals surface area contributed by atoms with Crippen molar-refractivity contribution in [3.8, 4) is 0 Å². The van der Waals surface area contributed by atoms with E-state index in [-0.39, 0.29) is 0 Å². The molecule has 0 saturated carbocycles. The van der Waals surface area contributed by atoms with Crippen LogP contribution in [0.25, 0.3) is 10.9 Å². The van der Waals surface area contributed by atoms with Crippen LogP contribution in [-0.4, -0.2) is 4.57 Å². The van der Waals surface area contributed by atoms with Crippen molar-refractivity contribution < 1.29 is 0 Å². The molecule has 1 heterocycles. The van der Waals surface area contributed by atoms with Gasteiger partial charge in [0.25, 0.3) is 0 Å². The molecule has 19 heavy (non-hydrogen) atoms. The molecule has 0 aliphatic heterocycles. The summed E-state index contributed by atoms with van der Waals surface area (Å²) in [6.07, 6.45) is 2.13. The minimum absolute atomic E-state index is 0.814. The first-order chi connectivity index (χ1) is 9.15. The lowest BCUT2D eigenvalue weighted by atomic mass is 10.0. The molecule has 0 unspecified atom stereocenters. The smallest absolute Gasteiger partial charge is 0.0504 e. The number of nitrogens with zero attached hydrogens (tertiary/aromatic N) is 1. The van der Waals surface area contributed by atoms with Gasteiger partial charge in [0.15, 0.2) is 0 Å². The van der Waals surface area contributed by atoms with Crippen molar-refractivity contribution in [2.24, 2.45) is 0 Å². The van der Waals surface area contributed by atoms with E-state index in [0.29, 0.717) is 0 Å². The second kappa shape index (κ2) is 4.47. The van der Waals surface area contributed by atoms with Crippen LogP contribution in [0.4, 0.5) is 5.69 Å². The first-order valence-electron chi connectivity index (χ1n) is 6.54. The Morgan fingerprint density at radius 3 is 2.47 bits per heavy atom. The molecule has 3 rings (SSSR count). The van der Waals surface area contributed by atoms with E-state index in [1.165, 1.54) is 27.6 Å². The van der Waals surface area contributed by atoms with Gasteiger partial charge in [-0.1, -0.05) is 24.3 Å². The molecule has 0 atom stereocenters. The molecule has 2 aromatic carbocycles. The van der Waals surface area contributed by atoms with Crippen molar-refractivity contribution in [3.05, 3.63) is 65.4 Å². The first kappa shape index (κ1) is 11.8. The van der Waals surface area contributed by atoms with E-state index in [0.717, 1.165) is 12.2 Å². The Morgan fingerprint density at radius 1 is 1.00 bits per heavy atom. The Kier molecular flexibility index (Phi) is 2.79. The molecule has 2 N–H and O–H groups in total. The topological polar surface area (TPSA) is 30.9 Å². The van der Waals surface area contributed by atoms with Crippen LogP contribution < -0.4 is 5.73 Å². The Balaban J connectivity index is 2.08. The van der Waals surface area contributed by atoms with E-state index in [1.807, 2.05) is 12.1 Å². The molecular weight excluding hydrogens is 232 g/mol. The highest BCUT2D eigenvalue weighted by atomic mass is 15.0. The van der Waals surface area contributed by atoms with Crippen molar-refractivity contribution in [1.82, 2.24) is 4.57 Å². The van der Waals surface area contributed by atoms with Gasteiger partial charge in [-0.3, -0.25) is 0 Å². The van der Waals surface area contributed by atoms with Crippen molar-refractivity contribution >= 4 is 16.6 Å². The van der Waals surface area contributed by atoms with E-state index in [1.54, 1.807) is 0 Å². The summed E-state index contributed by atoms with van der Waals surface area (Å²) in [4.78, 5) is 0. The number of fused-ring (bicyclic) bond motifs is 1. The van der Waals surface area contributed by atoms with Gasteiger partial charge in [0.2, 0.25) is 0 Å². The molecule has 0 aliphatic rings. The van der Waals surface area contributed by atoms with E-state index in [4.69, 9.17) is 5.73 Å². The van der Waals surface area contributed by atoms with Crippen LogP contribution >= 0.6 is 0 Å². The molecule has 0 radical (unpaired) electrons. The minimum Gasteiger partial charge on any atom is -0.399 e. The summed E-state index contributed by atoms with van der Waals surface area (Å²) in [6.45, 7) is 5.23. The molecule has 96 valence electrons. The highest BCUT2D eigenvalue weighted by Gasteiger charge is 2.06. The third-order valence-corrected chi connectivity index (χ3v) is 3.77. The summed E-state index contributed by atoms with van der Waals surface area (Å²) < 4.78 is 2.26. The zero-order valence-corrected chi connectivity index (χ0v) is 11.4. The van der Waals surface area contributed by atoms with Crippen LogP contribution in [-0.2, 0) is 6.54 Å². The molecule has 2 nitrogen and oxygen atoms in total. The van der Waals surface area contributed by atoms with Crippen LogP contribution in [0.2, 0.25) is 0 Å². The van der Waals surface area contributed by atoms with Crippen LogP contribution in [0.3, 0.4) is 0 Å². The summed E-state index contributed by atoms with van der Waals surface area (Å²) in [5.41, 5.74) is 12.0. The van der Waals surface area contributed by atoms with Gasteiger partial charge in [0.1, 0.15) is 0 Å². The van der Waals surface area contributed by atoms with Crippen molar-refractivity contribution in [2.75, 3.05) is 5.73 Å². The lowest BCUT2D eigenvalue weighted by Crippen LogP contribution is -2.02. The van der Waals surface area contributed by atoms with E-state index < -0.39 is 0 Å². The Bertz CT molecular complexity index is 718. The first-order valence-corrected chi connectivity index (χ1v) is 6.54. The molecule has 1 aromatic heterocycles. The van der Waals surface area contributed by atoms with Gasteiger partial charge in [-0.25, -0.2) is 0 Å². The lowest BCUT2D eigenvalue weighted by molar-refractivity contribution is 0.824. The van der Waals surface area contributed by atoms with Crippen LogP contribution in [0, 0.1) is 13.8 Å². The number of rotatable bonds is 2. The second-order valence-electron chi connectivity index (χ2n) is 5.13. The van der Waals surface area contributed by atoms with Crippen molar-refractivity contribution in [1.29, 1.82) is 0 Å². The van der Waals surface area contributed by atoms with Gasteiger partial charge >= 0.3 is 0 Å². The van der Waals surface area contributed by atoms with E-state index >= 15 is 0 Å². The van der Waals surface area contributed by atoms with Gasteiger partial charge in [0, 0.05) is 18.4 Å². The maximum absolute atomic E-state index is 5.89. The molecule has 0 aliphatic carbocycles. The number of hydrogen-bond acceptors (Lipinski definition) is 1. The van der Waals surface area contributed by atoms with Crippen molar-refractivity contribution in [2.45, 2.75) is 20.4 Å². The lowest BCUT2D eigenvalue weighted by Gasteiger charge is -2.12. The maximum atomic E-state index is 5.89. The summed E-state index contributed by atoms with van der Waals surface area (Å²) in [5.74, 6) is 0. The molecule has 0 fully saturated rings. The fraction of sp³-hybridized carbons (Fsp3) is 0.176. The Labute approximate surface area is 113 Å². The molecule has 2 heteroatoms. The van der Waals surface area contributed by atoms with Gasteiger partial charge < -0.3 is 10.3 Å². The number of aromatic nitrogens is 1. The number of hydrogen-bond donors (Lipinski definition) is 1. The summed E-state index contributed by atoms with van der Waals surface area (Å²) >= 11 is 0. The number of nitrogen functional groups attached to an aromatic ring is 1. The highest BCUT2D eigenvalue weighted by Crippen LogP contribution is 2.22. The predicted molar refractivity (Wildman–Crippen MR) is 81.4 cm³/mol. The highest BCUT2D eigenvalue weighted by molar-refractivity contribution is 5.83. The van der Waals surface area contributed by atoms with E-state index in [9.17, 15) is 0 Å². The standard InChI is InChI=1S/C17H18N2/c1-12-4-3-5-13(2)16(12)11-19-9-8-14-6-7-15(18)10-17(14)19/h3-10H,11,18H2,1-2H3. The zero-order chi connectivity index (χ0) is 13.4. The third-order valence-electron chi connectivity index (χ3n) is 3.77. The van der Waals surface area contributed by atoms with Crippen LogP contribution in [0.5, 0.6) is 0 Å². The molecule has 0 saturated heterocycles. The summed E-state index contributed by atoms with van der Waals surface area (Å²) in [7, 11) is 0. The monoisotopic (exact) mass is 250 g/mol. The van der Waals surface area contributed by atoms with Gasteiger partial charge in [-0.05, 0) is 54.1 Å². The molecule has 3 aromatic rings. The Hall–Kier alpha value is -2.22. The number of aryl methyl sites for hydroxylation is 2. The maximum Gasteiger partial charge on any atom is 0.0504 e. The molecule has 0 amide bonds. The molecular formula is C17H18N2. The van der Waals surface area contributed by atoms with Gasteiger partial charge in [-0.15, -0.1) is 0 Å². The van der Waals surface area contributed by atoms with Gasteiger partial charge in [-0.2, -0.15) is 0 Å². The number of nitrogens with two attached hydrogens (primary N) is 1. The fourth-order valence-corrected chi connectivity index (χ4v) is 2.61. The van der Waals surface area contributed by atoms with Crippen molar-refractivity contribution in [3.63, 3.8) is 0 Å². The number of benzene rings is 2. The van der Waals surface area contributed by atoms with Gasteiger partial charge in [0.05, 0.1) is 5.52 Å². The zero-order valence-electron chi connectivity index (χ0n) is 11.4. The quantitative estimate of drug-likeness (QED) is 0.687. The van der Waals surface area contributed by atoms with Crippen LogP contribution in [0.15, 0.2) is 48.7 Å². The normalized spacial score (nSPS) is 11.1. The average Bonchev–Trinajstić information content (AvgIpc) is 2.76. The molecule has 0 spiro atoms. The van der Waals surface area contributed by atoms with E-state index in [2.05, 4.69) is 54.9 Å². The van der Waals surface area contributed by atoms with Crippen LogP contribution in [0.1, 0.15) is 16.7 Å². The fourth-order valence-electron chi connectivity index (χ4n) is 2.61. The SMILES string of the molecule is Cc1cccc(C)c1Cn1ccc2ccc(N)cc21.